The Hall–Kier alpha value is -3.18. The van der Waals surface area contributed by atoms with E-state index < -0.39 is 0 Å². The van der Waals surface area contributed by atoms with Crippen molar-refractivity contribution in [3.63, 3.8) is 0 Å². The van der Waals surface area contributed by atoms with Gasteiger partial charge in [0.15, 0.2) is 0 Å². The Morgan fingerprint density at radius 2 is 2.00 bits per heavy atom. The molecule has 5 heteroatoms. The van der Waals surface area contributed by atoms with E-state index in [1.165, 1.54) is 11.1 Å². The lowest BCUT2D eigenvalue weighted by molar-refractivity contribution is 0.0951. The van der Waals surface area contributed by atoms with E-state index in [-0.39, 0.29) is 11.9 Å². The number of carbonyl (C=O) groups is 1. The fourth-order valence-electron chi connectivity index (χ4n) is 3.78. The molecule has 1 fully saturated rings. The number of hydrogen-bond acceptors (Lipinski definition) is 4. The second kappa shape index (κ2) is 8.88. The van der Waals surface area contributed by atoms with Crippen molar-refractivity contribution in [2.75, 3.05) is 24.5 Å². The van der Waals surface area contributed by atoms with Gasteiger partial charge in [-0.2, -0.15) is 0 Å². The Balaban J connectivity index is 1.49. The predicted octanol–water partition coefficient (Wildman–Crippen LogP) is 3.47. The maximum atomic E-state index is 12.9. The first-order valence-corrected chi connectivity index (χ1v) is 10.0. The zero-order valence-electron chi connectivity index (χ0n) is 16.6. The maximum absolute atomic E-state index is 12.9. The monoisotopic (exact) mass is 386 g/mol. The van der Waals surface area contributed by atoms with Gasteiger partial charge in [-0.1, -0.05) is 60.2 Å². The van der Waals surface area contributed by atoms with Gasteiger partial charge in [0.1, 0.15) is 5.82 Å². The second-order valence-electron chi connectivity index (χ2n) is 7.41. The van der Waals surface area contributed by atoms with Gasteiger partial charge in [0.05, 0.1) is 5.56 Å². The number of carbonyl (C=O) groups excluding carboxylic acids is 1. The molecule has 1 aliphatic rings. The van der Waals surface area contributed by atoms with Crippen LogP contribution < -0.4 is 15.5 Å². The van der Waals surface area contributed by atoms with Gasteiger partial charge in [-0.3, -0.25) is 4.79 Å². The zero-order valence-corrected chi connectivity index (χ0v) is 16.6. The highest BCUT2D eigenvalue weighted by atomic mass is 16.1. The highest BCUT2D eigenvalue weighted by molar-refractivity contribution is 5.98. The van der Waals surface area contributed by atoms with E-state index in [2.05, 4.69) is 63.8 Å². The quantitative estimate of drug-likeness (QED) is 0.705. The van der Waals surface area contributed by atoms with Crippen LogP contribution in [0.4, 0.5) is 5.82 Å². The first-order chi connectivity index (χ1) is 14.2. The Morgan fingerprint density at radius 3 is 2.83 bits per heavy atom. The first kappa shape index (κ1) is 19.2. The third-order valence-corrected chi connectivity index (χ3v) is 5.24. The van der Waals surface area contributed by atoms with Crippen molar-refractivity contribution in [3.05, 3.63) is 95.2 Å². The standard InChI is InChI=1S/C24H26N4O/c1-18-7-5-8-19(15-18)16-27-24(29)21-11-6-12-26-23(21)28-14-13-25-22(17-28)20-9-3-2-4-10-20/h2-12,15,22,25H,13-14,16-17H2,1H3,(H,27,29)/t22-/m1/s1. The maximum Gasteiger partial charge on any atom is 0.255 e. The summed E-state index contributed by atoms with van der Waals surface area (Å²) in [6, 6.07) is 22.5. The molecule has 4 rings (SSSR count). The van der Waals surface area contributed by atoms with Gasteiger partial charge in [-0.25, -0.2) is 4.98 Å². The third-order valence-electron chi connectivity index (χ3n) is 5.24. The topological polar surface area (TPSA) is 57.3 Å². The molecule has 29 heavy (non-hydrogen) atoms. The predicted molar refractivity (Wildman–Crippen MR) is 116 cm³/mol. The summed E-state index contributed by atoms with van der Waals surface area (Å²) in [5, 5.41) is 6.61. The number of nitrogens with one attached hydrogen (secondary N) is 2. The van der Waals surface area contributed by atoms with Crippen molar-refractivity contribution in [1.29, 1.82) is 0 Å². The number of anilines is 1. The summed E-state index contributed by atoms with van der Waals surface area (Å²) in [5.41, 5.74) is 4.15. The summed E-state index contributed by atoms with van der Waals surface area (Å²) in [5.74, 6) is 0.654. The fraction of sp³-hybridized carbons (Fsp3) is 0.250. The minimum Gasteiger partial charge on any atom is -0.353 e. The van der Waals surface area contributed by atoms with Gasteiger partial charge in [0.25, 0.3) is 5.91 Å². The highest BCUT2D eigenvalue weighted by Crippen LogP contribution is 2.24. The van der Waals surface area contributed by atoms with E-state index in [1.807, 2.05) is 30.3 Å². The van der Waals surface area contributed by atoms with E-state index in [4.69, 9.17) is 0 Å². The molecule has 5 nitrogen and oxygen atoms in total. The van der Waals surface area contributed by atoms with Crippen molar-refractivity contribution in [3.8, 4) is 0 Å². The molecule has 2 heterocycles. The number of aromatic nitrogens is 1. The molecular formula is C24H26N4O. The number of nitrogens with zero attached hydrogens (tertiary/aromatic N) is 2. The van der Waals surface area contributed by atoms with Crippen LogP contribution in [0.2, 0.25) is 0 Å². The van der Waals surface area contributed by atoms with Crippen LogP contribution in [-0.4, -0.2) is 30.5 Å². The normalized spacial score (nSPS) is 16.4. The molecule has 3 aromatic rings. The SMILES string of the molecule is Cc1cccc(CNC(=O)c2cccnc2N2CCN[C@@H](c3ccccc3)C2)c1. The van der Waals surface area contributed by atoms with Crippen LogP contribution >= 0.6 is 0 Å². The minimum atomic E-state index is -0.0931. The van der Waals surface area contributed by atoms with Crippen LogP contribution in [0.5, 0.6) is 0 Å². The molecule has 2 N–H and O–H groups in total. The second-order valence-corrected chi connectivity index (χ2v) is 7.41. The Morgan fingerprint density at radius 1 is 1.14 bits per heavy atom. The summed E-state index contributed by atoms with van der Waals surface area (Å²) in [6.07, 6.45) is 1.76. The molecule has 1 aromatic heterocycles. The number of hydrogen-bond donors (Lipinski definition) is 2. The van der Waals surface area contributed by atoms with Crippen LogP contribution in [0.15, 0.2) is 72.9 Å². The summed E-state index contributed by atoms with van der Waals surface area (Å²) in [6.45, 7) is 5.00. The van der Waals surface area contributed by atoms with E-state index in [0.29, 0.717) is 12.1 Å². The highest BCUT2D eigenvalue weighted by Gasteiger charge is 2.25. The molecule has 0 aliphatic carbocycles. The van der Waals surface area contributed by atoms with E-state index >= 15 is 0 Å². The van der Waals surface area contributed by atoms with Crippen molar-refractivity contribution >= 4 is 11.7 Å². The molecule has 1 saturated heterocycles. The number of pyridine rings is 1. The molecule has 0 spiro atoms. The molecule has 1 atom stereocenters. The Kier molecular flexibility index (Phi) is 5.86. The van der Waals surface area contributed by atoms with Crippen molar-refractivity contribution in [2.24, 2.45) is 0 Å². The molecule has 0 saturated carbocycles. The Labute approximate surface area is 171 Å². The number of benzene rings is 2. The van der Waals surface area contributed by atoms with Crippen LogP contribution in [0, 0.1) is 6.92 Å². The van der Waals surface area contributed by atoms with E-state index in [0.717, 1.165) is 31.0 Å². The van der Waals surface area contributed by atoms with Crippen LogP contribution in [-0.2, 0) is 6.54 Å². The summed E-state index contributed by atoms with van der Waals surface area (Å²) >= 11 is 0. The summed E-state index contributed by atoms with van der Waals surface area (Å²) < 4.78 is 0. The molecule has 1 amide bonds. The molecule has 0 bridgehead atoms. The average molecular weight is 386 g/mol. The average Bonchev–Trinajstić information content (AvgIpc) is 2.78. The molecule has 0 unspecified atom stereocenters. The summed E-state index contributed by atoms with van der Waals surface area (Å²) in [7, 11) is 0. The smallest absolute Gasteiger partial charge is 0.255 e. The van der Waals surface area contributed by atoms with Crippen LogP contribution in [0.3, 0.4) is 0 Å². The van der Waals surface area contributed by atoms with Crippen LogP contribution in [0.25, 0.3) is 0 Å². The van der Waals surface area contributed by atoms with Gasteiger partial charge in [-0.15, -0.1) is 0 Å². The summed E-state index contributed by atoms with van der Waals surface area (Å²) in [4.78, 5) is 19.7. The van der Waals surface area contributed by atoms with Crippen LogP contribution in [0.1, 0.15) is 33.1 Å². The lowest BCUT2D eigenvalue weighted by Gasteiger charge is -2.35. The van der Waals surface area contributed by atoms with Gasteiger partial charge < -0.3 is 15.5 Å². The molecule has 1 aliphatic heterocycles. The number of rotatable bonds is 5. The number of piperazine rings is 1. The van der Waals surface area contributed by atoms with Gasteiger partial charge in [0.2, 0.25) is 0 Å². The Bertz CT molecular complexity index is 973. The molecule has 0 radical (unpaired) electrons. The van der Waals surface area contributed by atoms with E-state index in [1.54, 1.807) is 6.20 Å². The first-order valence-electron chi connectivity index (χ1n) is 10.0. The third kappa shape index (κ3) is 4.63. The molecular weight excluding hydrogens is 360 g/mol. The molecule has 2 aromatic carbocycles. The van der Waals surface area contributed by atoms with E-state index in [9.17, 15) is 4.79 Å². The largest absolute Gasteiger partial charge is 0.353 e. The van der Waals surface area contributed by atoms with Gasteiger partial charge in [0, 0.05) is 38.4 Å². The van der Waals surface area contributed by atoms with Crippen molar-refractivity contribution in [2.45, 2.75) is 19.5 Å². The lowest BCUT2D eigenvalue weighted by atomic mass is 10.0. The van der Waals surface area contributed by atoms with Gasteiger partial charge >= 0.3 is 0 Å². The molecule has 148 valence electrons. The fourth-order valence-corrected chi connectivity index (χ4v) is 3.78. The van der Waals surface area contributed by atoms with Crippen molar-refractivity contribution in [1.82, 2.24) is 15.6 Å². The van der Waals surface area contributed by atoms with Gasteiger partial charge in [-0.05, 0) is 30.2 Å². The zero-order chi connectivity index (χ0) is 20.1. The number of aryl methyl sites for hydroxylation is 1. The minimum absolute atomic E-state index is 0.0931. The number of amides is 1. The van der Waals surface area contributed by atoms with Crippen molar-refractivity contribution < 1.29 is 4.79 Å². The lowest BCUT2D eigenvalue weighted by Crippen LogP contribution is -2.46.